The standard InChI is InChI=1S/C25H24F2N6O2/c1-14-8-9-15(2)17(11-14)13-33-23-21(30-31-33)24(34)29-22(28-23)16-5-4-10-32(12-16)25(35)20-18(26)6-3-7-19(20)27/h3,6-9,11,16H,4-5,10,12-13H2,1-2H3,(H,28,29,34). The molecule has 1 aliphatic heterocycles. The fraction of sp³-hybridized carbons (Fsp3) is 0.320. The zero-order valence-electron chi connectivity index (χ0n) is 19.4. The quantitative estimate of drug-likeness (QED) is 0.485. The van der Waals surface area contributed by atoms with Gasteiger partial charge in [0, 0.05) is 19.0 Å². The molecule has 10 heteroatoms. The van der Waals surface area contributed by atoms with E-state index in [0.29, 0.717) is 37.4 Å². The van der Waals surface area contributed by atoms with E-state index in [1.54, 1.807) is 4.68 Å². The maximum absolute atomic E-state index is 14.2. The molecule has 1 N–H and O–H groups in total. The van der Waals surface area contributed by atoms with Gasteiger partial charge in [-0.15, -0.1) is 5.10 Å². The normalized spacial score (nSPS) is 16.1. The van der Waals surface area contributed by atoms with Crippen molar-refractivity contribution in [3.05, 3.63) is 86.5 Å². The Bertz CT molecular complexity index is 1480. The number of nitrogens with zero attached hydrogens (tertiary/aromatic N) is 5. The third kappa shape index (κ3) is 4.31. The van der Waals surface area contributed by atoms with E-state index in [4.69, 9.17) is 0 Å². The highest BCUT2D eigenvalue weighted by Crippen LogP contribution is 2.27. The van der Waals surface area contributed by atoms with Gasteiger partial charge in [0.15, 0.2) is 11.2 Å². The van der Waals surface area contributed by atoms with Crippen molar-refractivity contribution in [3.63, 3.8) is 0 Å². The highest BCUT2D eigenvalue weighted by atomic mass is 19.1. The molecule has 1 fully saturated rings. The fourth-order valence-corrected chi connectivity index (χ4v) is 4.56. The number of rotatable bonds is 4. The number of aromatic nitrogens is 5. The van der Waals surface area contributed by atoms with E-state index < -0.39 is 28.7 Å². The molecule has 35 heavy (non-hydrogen) atoms. The Balaban J connectivity index is 1.45. The molecule has 2 aromatic heterocycles. The molecule has 0 bridgehead atoms. The van der Waals surface area contributed by atoms with Crippen LogP contribution in [0, 0.1) is 25.5 Å². The second-order valence-corrected chi connectivity index (χ2v) is 8.99. The average molecular weight is 479 g/mol. The van der Waals surface area contributed by atoms with E-state index in [1.165, 1.54) is 11.0 Å². The highest BCUT2D eigenvalue weighted by molar-refractivity contribution is 5.94. The number of piperidine rings is 1. The SMILES string of the molecule is Cc1ccc(C)c(Cn2nnc3c(=O)[nH]c(C4CCCN(C(=O)c5c(F)cccc5F)C4)nc32)c1. The molecule has 0 radical (unpaired) electrons. The van der Waals surface area contributed by atoms with Gasteiger partial charge in [0.05, 0.1) is 6.54 Å². The van der Waals surface area contributed by atoms with E-state index in [9.17, 15) is 18.4 Å². The number of aromatic amines is 1. The van der Waals surface area contributed by atoms with Crippen LogP contribution in [-0.4, -0.2) is 48.9 Å². The van der Waals surface area contributed by atoms with Crippen LogP contribution in [0.1, 0.15) is 51.6 Å². The summed E-state index contributed by atoms with van der Waals surface area (Å²) in [7, 11) is 0. The molecule has 1 aliphatic rings. The van der Waals surface area contributed by atoms with Crippen LogP contribution >= 0.6 is 0 Å². The Kier molecular flexibility index (Phi) is 5.88. The maximum atomic E-state index is 14.2. The zero-order valence-corrected chi connectivity index (χ0v) is 19.4. The van der Waals surface area contributed by atoms with Crippen LogP contribution in [0.4, 0.5) is 8.78 Å². The number of hydrogen-bond donors (Lipinski definition) is 1. The molecule has 8 nitrogen and oxygen atoms in total. The third-order valence-corrected chi connectivity index (χ3v) is 6.49. The molecule has 1 amide bonds. The van der Waals surface area contributed by atoms with Crippen molar-refractivity contribution in [3.8, 4) is 0 Å². The molecule has 1 atom stereocenters. The number of halogens is 2. The molecule has 0 spiro atoms. The summed E-state index contributed by atoms with van der Waals surface area (Å²) >= 11 is 0. The van der Waals surface area contributed by atoms with Gasteiger partial charge in [-0.3, -0.25) is 9.59 Å². The summed E-state index contributed by atoms with van der Waals surface area (Å²) in [4.78, 5) is 34.5. The molecule has 1 saturated heterocycles. The van der Waals surface area contributed by atoms with Crippen LogP contribution in [0.5, 0.6) is 0 Å². The van der Waals surface area contributed by atoms with Crippen LogP contribution in [-0.2, 0) is 6.54 Å². The van der Waals surface area contributed by atoms with Gasteiger partial charge >= 0.3 is 0 Å². The highest BCUT2D eigenvalue weighted by Gasteiger charge is 2.30. The van der Waals surface area contributed by atoms with Crippen molar-refractivity contribution in [2.45, 2.75) is 39.2 Å². The topological polar surface area (TPSA) is 96.8 Å². The first kappa shape index (κ1) is 22.8. The number of aryl methyl sites for hydroxylation is 2. The summed E-state index contributed by atoms with van der Waals surface area (Å²) in [6.45, 7) is 4.96. The lowest BCUT2D eigenvalue weighted by molar-refractivity contribution is 0.0694. The second-order valence-electron chi connectivity index (χ2n) is 8.99. The molecule has 0 aliphatic carbocycles. The fourth-order valence-electron chi connectivity index (χ4n) is 4.56. The molecule has 3 heterocycles. The van der Waals surface area contributed by atoms with Crippen molar-refractivity contribution >= 4 is 17.1 Å². The van der Waals surface area contributed by atoms with Gasteiger partial charge in [-0.2, -0.15) is 0 Å². The lowest BCUT2D eigenvalue weighted by Crippen LogP contribution is -2.40. The molecule has 2 aromatic carbocycles. The predicted octanol–water partition coefficient (Wildman–Crippen LogP) is 3.48. The van der Waals surface area contributed by atoms with Crippen molar-refractivity contribution in [1.82, 2.24) is 29.9 Å². The maximum Gasteiger partial charge on any atom is 0.281 e. The Hall–Kier alpha value is -3.95. The summed E-state index contributed by atoms with van der Waals surface area (Å²) in [5, 5.41) is 8.16. The van der Waals surface area contributed by atoms with Gasteiger partial charge in [-0.05, 0) is 49.9 Å². The lowest BCUT2D eigenvalue weighted by Gasteiger charge is -2.32. The monoisotopic (exact) mass is 478 g/mol. The minimum atomic E-state index is -0.897. The van der Waals surface area contributed by atoms with E-state index >= 15 is 0 Å². The molecule has 0 saturated carbocycles. The number of benzene rings is 2. The third-order valence-electron chi connectivity index (χ3n) is 6.49. The molecule has 4 aromatic rings. The Morgan fingerprint density at radius 2 is 1.94 bits per heavy atom. The lowest BCUT2D eigenvalue weighted by atomic mass is 9.96. The Morgan fingerprint density at radius 3 is 2.71 bits per heavy atom. The summed E-state index contributed by atoms with van der Waals surface area (Å²) in [6, 6.07) is 9.47. The largest absolute Gasteiger partial charge is 0.338 e. The van der Waals surface area contributed by atoms with E-state index in [0.717, 1.165) is 28.8 Å². The Morgan fingerprint density at radius 1 is 1.17 bits per heavy atom. The van der Waals surface area contributed by atoms with E-state index in [-0.39, 0.29) is 18.0 Å². The molecule has 5 rings (SSSR count). The van der Waals surface area contributed by atoms with Gasteiger partial charge in [0.25, 0.3) is 11.5 Å². The van der Waals surface area contributed by atoms with Crippen LogP contribution < -0.4 is 5.56 Å². The summed E-state index contributed by atoms with van der Waals surface area (Å²) in [5.74, 6) is -2.41. The van der Waals surface area contributed by atoms with Crippen molar-refractivity contribution in [1.29, 1.82) is 0 Å². The first-order valence-electron chi connectivity index (χ1n) is 11.4. The van der Waals surface area contributed by atoms with E-state index in [2.05, 4.69) is 26.3 Å². The van der Waals surface area contributed by atoms with Gasteiger partial charge < -0.3 is 9.88 Å². The second kappa shape index (κ2) is 9.01. The number of carbonyl (C=O) groups excluding carboxylic acids is 1. The van der Waals surface area contributed by atoms with Crippen LogP contribution in [0.2, 0.25) is 0 Å². The summed E-state index contributed by atoms with van der Waals surface area (Å²) < 4.78 is 30.0. The number of amides is 1. The zero-order chi connectivity index (χ0) is 24.7. The predicted molar refractivity (Wildman–Crippen MR) is 125 cm³/mol. The van der Waals surface area contributed by atoms with Gasteiger partial charge in [-0.1, -0.05) is 35.0 Å². The minimum absolute atomic E-state index is 0.135. The first-order valence-corrected chi connectivity index (χ1v) is 11.4. The number of nitrogens with one attached hydrogen (secondary N) is 1. The number of hydrogen-bond acceptors (Lipinski definition) is 5. The molecular formula is C25H24F2N6O2. The van der Waals surface area contributed by atoms with Crippen molar-refractivity contribution in [2.24, 2.45) is 0 Å². The van der Waals surface area contributed by atoms with Crippen LogP contribution in [0.3, 0.4) is 0 Å². The van der Waals surface area contributed by atoms with Crippen molar-refractivity contribution in [2.75, 3.05) is 13.1 Å². The average Bonchev–Trinajstić information content (AvgIpc) is 3.24. The first-order chi connectivity index (χ1) is 16.8. The van der Waals surface area contributed by atoms with Crippen LogP contribution in [0.15, 0.2) is 41.2 Å². The summed E-state index contributed by atoms with van der Waals surface area (Å²) in [6.07, 6.45) is 1.27. The number of H-pyrrole nitrogens is 1. The number of carbonyl (C=O) groups is 1. The van der Waals surface area contributed by atoms with Gasteiger partial charge in [0.1, 0.15) is 23.0 Å². The van der Waals surface area contributed by atoms with Crippen molar-refractivity contribution < 1.29 is 13.6 Å². The van der Waals surface area contributed by atoms with E-state index in [1.807, 2.05) is 26.0 Å². The molecular weight excluding hydrogens is 454 g/mol. The molecule has 180 valence electrons. The van der Waals surface area contributed by atoms with Crippen LogP contribution in [0.25, 0.3) is 11.2 Å². The number of likely N-dealkylation sites (tertiary alicyclic amines) is 1. The van der Waals surface area contributed by atoms with Gasteiger partial charge in [0.2, 0.25) is 0 Å². The smallest absolute Gasteiger partial charge is 0.281 e. The minimum Gasteiger partial charge on any atom is -0.338 e. The molecule has 1 unspecified atom stereocenters. The van der Waals surface area contributed by atoms with Gasteiger partial charge in [-0.25, -0.2) is 18.4 Å². The number of fused-ring (bicyclic) bond motifs is 1. The Labute approximate surface area is 199 Å². The summed E-state index contributed by atoms with van der Waals surface area (Å²) in [5.41, 5.74) is 2.75.